The summed E-state index contributed by atoms with van der Waals surface area (Å²) in [5.74, 6) is 0.0185. The van der Waals surface area contributed by atoms with E-state index >= 15 is 0 Å². The van der Waals surface area contributed by atoms with Crippen LogP contribution in [0.1, 0.15) is 44.6 Å². The van der Waals surface area contributed by atoms with E-state index in [9.17, 15) is 8.78 Å². The van der Waals surface area contributed by atoms with E-state index in [4.69, 9.17) is 5.26 Å². The van der Waals surface area contributed by atoms with Gasteiger partial charge in [0.1, 0.15) is 5.69 Å². The normalized spacial score (nSPS) is 22.3. The third-order valence-corrected chi connectivity index (χ3v) is 4.07. The van der Waals surface area contributed by atoms with E-state index < -0.39 is 11.6 Å². The summed E-state index contributed by atoms with van der Waals surface area (Å²) in [5.41, 5.74) is -0.112. The maximum absolute atomic E-state index is 13.7. The summed E-state index contributed by atoms with van der Waals surface area (Å²) in [7, 11) is 0. The molecule has 4 heteroatoms. The summed E-state index contributed by atoms with van der Waals surface area (Å²) >= 11 is 0. The monoisotopic (exact) mass is 278 g/mol. The standard InChI is InChI=1S/C16H20F2N2/c1-11-3-2-4-12(7-11)5-6-20-16-14(17)8-13(10-19)9-15(16)18/h8-9,11-12,20H,2-7H2,1H3. The van der Waals surface area contributed by atoms with Gasteiger partial charge in [-0.25, -0.2) is 8.78 Å². The van der Waals surface area contributed by atoms with Crippen molar-refractivity contribution in [3.8, 4) is 6.07 Å². The van der Waals surface area contributed by atoms with Gasteiger partial charge >= 0.3 is 0 Å². The second-order valence-electron chi connectivity index (χ2n) is 5.78. The first kappa shape index (κ1) is 14.8. The van der Waals surface area contributed by atoms with E-state index in [0.29, 0.717) is 12.5 Å². The molecule has 0 saturated heterocycles. The van der Waals surface area contributed by atoms with Crippen LogP contribution in [0.15, 0.2) is 12.1 Å². The van der Waals surface area contributed by atoms with Crippen molar-refractivity contribution < 1.29 is 8.78 Å². The summed E-state index contributed by atoms with van der Waals surface area (Å²) in [6.45, 7) is 2.83. The average Bonchev–Trinajstić information content (AvgIpc) is 2.41. The molecular formula is C16H20F2N2. The number of rotatable bonds is 4. The smallest absolute Gasteiger partial charge is 0.150 e. The Morgan fingerprint density at radius 3 is 2.60 bits per heavy atom. The maximum Gasteiger partial charge on any atom is 0.150 e. The van der Waals surface area contributed by atoms with Gasteiger partial charge in [0.15, 0.2) is 11.6 Å². The molecule has 1 fully saturated rings. The lowest BCUT2D eigenvalue weighted by molar-refractivity contribution is 0.274. The number of hydrogen-bond donors (Lipinski definition) is 1. The Morgan fingerprint density at radius 1 is 1.30 bits per heavy atom. The van der Waals surface area contributed by atoms with Crippen molar-refractivity contribution in [3.05, 3.63) is 29.3 Å². The third-order valence-electron chi connectivity index (χ3n) is 4.07. The molecule has 1 aromatic rings. The number of nitrogens with one attached hydrogen (secondary N) is 1. The van der Waals surface area contributed by atoms with Crippen LogP contribution in [0.4, 0.5) is 14.5 Å². The van der Waals surface area contributed by atoms with Crippen molar-refractivity contribution in [2.24, 2.45) is 11.8 Å². The summed E-state index contributed by atoms with van der Waals surface area (Å²) in [4.78, 5) is 0. The summed E-state index contributed by atoms with van der Waals surface area (Å²) in [5, 5.41) is 11.5. The van der Waals surface area contributed by atoms with Crippen molar-refractivity contribution in [3.63, 3.8) is 0 Å². The molecule has 0 aliphatic heterocycles. The van der Waals surface area contributed by atoms with Gasteiger partial charge in [-0.15, -0.1) is 0 Å². The molecular weight excluding hydrogens is 258 g/mol. The lowest BCUT2D eigenvalue weighted by atomic mass is 9.81. The lowest BCUT2D eigenvalue weighted by Crippen LogP contribution is -2.17. The highest BCUT2D eigenvalue weighted by Crippen LogP contribution is 2.30. The van der Waals surface area contributed by atoms with Crippen molar-refractivity contribution >= 4 is 5.69 Å². The second-order valence-corrected chi connectivity index (χ2v) is 5.78. The predicted octanol–water partition coefficient (Wildman–Crippen LogP) is 4.46. The molecule has 1 saturated carbocycles. The zero-order valence-electron chi connectivity index (χ0n) is 11.8. The average molecular weight is 278 g/mol. The van der Waals surface area contributed by atoms with Gasteiger partial charge in [-0.2, -0.15) is 5.26 Å². The van der Waals surface area contributed by atoms with Crippen LogP contribution < -0.4 is 5.32 Å². The van der Waals surface area contributed by atoms with Crippen LogP contribution in [0.3, 0.4) is 0 Å². The Hall–Kier alpha value is -1.63. The number of nitriles is 1. The molecule has 0 heterocycles. The molecule has 1 aromatic carbocycles. The molecule has 1 aliphatic carbocycles. The molecule has 2 atom stereocenters. The van der Waals surface area contributed by atoms with Gasteiger partial charge in [0.2, 0.25) is 0 Å². The zero-order valence-corrected chi connectivity index (χ0v) is 11.8. The van der Waals surface area contributed by atoms with Crippen LogP contribution in [-0.2, 0) is 0 Å². The van der Waals surface area contributed by atoms with Gasteiger partial charge in [-0.1, -0.05) is 26.2 Å². The molecule has 0 bridgehead atoms. The summed E-state index contributed by atoms with van der Waals surface area (Å²) in [6.07, 6.45) is 5.90. The third kappa shape index (κ3) is 3.69. The minimum absolute atomic E-state index is 0.00616. The van der Waals surface area contributed by atoms with Crippen LogP contribution in [-0.4, -0.2) is 6.54 Å². The molecule has 2 nitrogen and oxygen atoms in total. The first-order valence-corrected chi connectivity index (χ1v) is 7.23. The Balaban J connectivity index is 1.90. The number of benzene rings is 1. The van der Waals surface area contributed by atoms with E-state index in [1.54, 1.807) is 6.07 Å². The molecule has 0 radical (unpaired) electrons. The molecule has 1 aliphatic rings. The highest BCUT2D eigenvalue weighted by molar-refractivity contribution is 5.50. The van der Waals surface area contributed by atoms with E-state index in [2.05, 4.69) is 12.2 Å². The fourth-order valence-corrected chi connectivity index (χ4v) is 3.03. The van der Waals surface area contributed by atoms with Crippen LogP contribution in [0.2, 0.25) is 0 Å². The van der Waals surface area contributed by atoms with E-state index in [0.717, 1.165) is 24.5 Å². The van der Waals surface area contributed by atoms with Gasteiger partial charge < -0.3 is 5.32 Å². The SMILES string of the molecule is CC1CCCC(CCNc2c(F)cc(C#N)cc2F)C1. The predicted molar refractivity (Wildman–Crippen MR) is 75.3 cm³/mol. The first-order valence-electron chi connectivity index (χ1n) is 7.23. The molecule has 0 amide bonds. The van der Waals surface area contributed by atoms with Gasteiger partial charge in [-0.3, -0.25) is 0 Å². The van der Waals surface area contributed by atoms with Gasteiger partial charge in [-0.05, 0) is 36.8 Å². The molecule has 108 valence electrons. The minimum Gasteiger partial charge on any atom is -0.380 e. The van der Waals surface area contributed by atoms with Crippen LogP contribution >= 0.6 is 0 Å². The Morgan fingerprint density at radius 2 is 2.00 bits per heavy atom. The summed E-state index contributed by atoms with van der Waals surface area (Å²) in [6, 6.07) is 3.87. The van der Waals surface area contributed by atoms with Crippen molar-refractivity contribution in [1.82, 2.24) is 0 Å². The molecule has 20 heavy (non-hydrogen) atoms. The Labute approximate surface area is 118 Å². The number of halogens is 2. The topological polar surface area (TPSA) is 35.8 Å². The Bertz CT molecular complexity index is 485. The van der Waals surface area contributed by atoms with Crippen LogP contribution in [0, 0.1) is 34.8 Å². The molecule has 2 unspecified atom stereocenters. The number of nitrogens with zero attached hydrogens (tertiary/aromatic N) is 1. The van der Waals surface area contributed by atoms with E-state index in [1.807, 2.05) is 0 Å². The van der Waals surface area contributed by atoms with Gasteiger partial charge in [0.25, 0.3) is 0 Å². The summed E-state index contributed by atoms with van der Waals surface area (Å²) < 4.78 is 27.3. The highest BCUT2D eigenvalue weighted by atomic mass is 19.1. The number of hydrogen-bond acceptors (Lipinski definition) is 2. The minimum atomic E-state index is -0.696. The fourth-order valence-electron chi connectivity index (χ4n) is 3.03. The van der Waals surface area contributed by atoms with Crippen molar-refractivity contribution in [2.45, 2.75) is 39.0 Å². The van der Waals surface area contributed by atoms with Crippen molar-refractivity contribution in [1.29, 1.82) is 5.26 Å². The highest BCUT2D eigenvalue weighted by Gasteiger charge is 2.19. The van der Waals surface area contributed by atoms with Gasteiger partial charge in [0, 0.05) is 6.54 Å². The molecule has 2 rings (SSSR count). The molecule has 1 N–H and O–H groups in total. The maximum atomic E-state index is 13.7. The van der Waals surface area contributed by atoms with E-state index in [1.165, 1.54) is 25.7 Å². The van der Waals surface area contributed by atoms with Crippen LogP contribution in [0.5, 0.6) is 0 Å². The van der Waals surface area contributed by atoms with E-state index in [-0.39, 0.29) is 11.3 Å². The fraction of sp³-hybridized carbons (Fsp3) is 0.562. The molecule has 0 spiro atoms. The zero-order chi connectivity index (χ0) is 14.5. The molecule has 0 aromatic heterocycles. The quantitative estimate of drug-likeness (QED) is 0.882. The Kier molecular flexibility index (Phi) is 4.94. The van der Waals surface area contributed by atoms with Crippen molar-refractivity contribution in [2.75, 3.05) is 11.9 Å². The van der Waals surface area contributed by atoms with Gasteiger partial charge in [0.05, 0.1) is 11.6 Å². The second kappa shape index (κ2) is 6.69. The number of anilines is 1. The largest absolute Gasteiger partial charge is 0.380 e. The lowest BCUT2D eigenvalue weighted by Gasteiger charge is -2.26. The first-order chi connectivity index (χ1) is 9.60. The van der Waals surface area contributed by atoms with Crippen LogP contribution in [0.25, 0.3) is 0 Å².